The van der Waals surface area contributed by atoms with Gasteiger partial charge in [0.25, 0.3) is 0 Å². The molecule has 0 saturated heterocycles. The maximum absolute atomic E-state index is 11.7. The van der Waals surface area contributed by atoms with Crippen molar-refractivity contribution in [1.29, 1.82) is 0 Å². The van der Waals surface area contributed by atoms with Crippen LogP contribution in [0.25, 0.3) is 0 Å². The zero-order valence-electron chi connectivity index (χ0n) is 6.83. The molecule has 0 aromatic heterocycles. The number of hydrogen-bond donors (Lipinski definition) is 1. The molecule has 3 nitrogen and oxygen atoms in total. The SMILES string of the molecule is COc1ccc(OC(F)F)cc1O. The lowest BCUT2D eigenvalue weighted by molar-refractivity contribution is -0.0499. The van der Waals surface area contributed by atoms with Gasteiger partial charge in [0.2, 0.25) is 0 Å². The molecule has 1 rings (SSSR count). The van der Waals surface area contributed by atoms with E-state index in [1.807, 2.05) is 0 Å². The minimum absolute atomic E-state index is 0.103. The van der Waals surface area contributed by atoms with E-state index >= 15 is 0 Å². The average molecular weight is 190 g/mol. The molecular weight excluding hydrogens is 182 g/mol. The minimum Gasteiger partial charge on any atom is -0.504 e. The van der Waals surface area contributed by atoms with E-state index < -0.39 is 6.61 Å². The van der Waals surface area contributed by atoms with Crippen LogP contribution < -0.4 is 9.47 Å². The third kappa shape index (κ3) is 2.47. The standard InChI is InChI=1S/C8H8F2O3/c1-12-7-3-2-5(4-6(7)11)13-8(9)10/h2-4,8,11H,1H3. The summed E-state index contributed by atoms with van der Waals surface area (Å²) in [4.78, 5) is 0. The molecule has 5 heteroatoms. The molecule has 0 aliphatic heterocycles. The van der Waals surface area contributed by atoms with Gasteiger partial charge in [0.1, 0.15) is 5.75 Å². The van der Waals surface area contributed by atoms with Crippen molar-refractivity contribution in [3.63, 3.8) is 0 Å². The van der Waals surface area contributed by atoms with Crippen molar-refractivity contribution in [3.8, 4) is 17.2 Å². The first-order valence-electron chi connectivity index (χ1n) is 3.45. The number of methoxy groups -OCH3 is 1. The highest BCUT2D eigenvalue weighted by Gasteiger charge is 2.07. The monoisotopic (exact) mass is 190 g/mol. The number of aromatic hydroxyl groups is 1. The Kier molecular flexibility index (Phi) is 2.89. The lowest BCUT2D eigenvalue weighted by Gasteiger charge is -2.06. The molecule has 1 aromatic rings. The summed E-state index contributed by atoms with van der Waals surface area (Å²) in [6.07, 6.45) is 0. The van der Waals surface area contributed by atoms with Crippen LogP contribution in [0.1, 0.15) is 0 Å². The second-order valence-corrected chi connectivity index (χ2v) is 2.21. The topological polar surface area (TPSA) is 38.7 Å². The van der Waals surface area contributed by atoms with Crippen LogP contribution in [0.2, 0.25) is 0 Å². The van der Waals surface area contributed by atoms with Crippen LogP contribution in [0.3, 0.4) is 0 Å². The van der Waals surface area contributed by atoms with E-state index in [1.54, 1.807) is 0 Å². The van der Waals surface area contributed by atoms with Crippen LogP contribution in [-0.4, -0.2) is 18.8 Å². The number of benzene rings is 1. The summed E-state index contributed by atoms with van der Waals surface area (Å²) >= 11 is 0. The third-order valence-electron chi connectivity index (χ3n) is 1.38. The zero-order valence-corrected chi connectivity index (χ0v) is 6.83. The second kappa shape index (κ2) is 3.93. The Morgan fingerprint density at radius 3 is 2.54 bits per heavy atom. The third-order valence-corrected chi connectivity index (χ3v) is 1.38. The molecule has 0 saturated carbocycles. The van der Waals surface area contributed by atoms with E-state index in [0.29, 0.717) is 0 Å². The van der Waals surface area contributed by atoms with Crippen LogP contribution in [0, 0.1) is 0 Å². The molecular formula is C8H8F2O3. The molecule has 1 N–H and O–H groups in total. The van der Waals surface area contributed by atoms with Crippen LogP contribution >= 0.6 is 0 Å². The number of ether oxygens (including phenoxy) is 2. The van der Waals surface area contributed by atoms with E-state index in [4.69, 9.17) is 9.84 Å². The molecule has 72 valence electrons. The zero-order chi connectivity index (χ0) is 9.84. The lowest BCUT2D eigenvalue weighted by atomic mass is 10.3. The normalized spacial score (nSPS) is 10.2. The number of alkyl halides is 2. The quantitative estimate of drug-likeness (QED) is 0.792. The first-order valence-corrected chi connectivity index (χ1v) is 3.45. The Morgan fingerprint density at radius 1 is 1.38 bits per heavy atom. The molecule has 0 fully saturated rings. The molecule has 0 unspecified atom stereocenters. The molecule has 1 aromatic carbocycles. The number of phenolic OH excluding ortho intramolecular Hbond substituents is 1. The van der Waals surface area contributed by atoms with Gasteiger partial charge in [0.15, 0.2) is 11.5 Å². The second-order valence-electron chi connectivity index (χ2n) is 2.21. The summed E-state index contributed by atoms with van der Waals surface area (Å²) in [5.74, 6) is -0.129. The highest BCUT2D eigenvalue weighted by Crippen LogP contribution is 2.30. The molecule has 0 aliphatic carbocycles. The Morgan fingerprint density at radius 2 is 2.08 bits per heavy atom. The fourth-order valence-corrected chi connectivity index (χ4v) is 0.846. The van der Waals surface area contributed by atoms with Crippen molar-refractivity contribution in [2.24, 2.45) is 0 Å². The highest BCUT2D eigenvalue weighted by atomic mass is 19.3. The average Bonchev–Trinajstić information content (AvgIpc) is 2.03. The Labute approximate surface area is 73.5 Å². The largest absolute Gasteiger partial charge is 0.504 e. The summed E-state index contributed by atoms with van der Waals surface area (Å²) < 4.78 is 32.2. The van der Waals surface area contributed by atoms with Gasteiger partial charge < -0.3 is 14.6 Å². The molecule has 0 heterocycles. The predicted octanol–water partition coefficient (Wildman–Crippen LogP) is 2.00. The van der Waals surface area contributed by atoms with Gasteiger partial charge in [0.05, 0.1) is 7.11 Å². The smallest absolute Gasteiger partial charge is 0.387 e. The first kappa shape index (κ1) is 9.57. The number of hydrogen-bond acceptors (Lipinski definition) is 3. The maximum Gasteiger partial charge on any atom is 0.387 e. The van der Waals surface area contributed by atoms with E-state index in [1.165, 1.54) is 19.2 Å². The van der Waals surface area contributed by atoms with Crippen LogP contribution in [-0.2, 0) is 0 Å². The van der Waals surface area contributed by atoms with Crippen molar-refractivity contribution >= 4 is 0 Å². The van der Waals surface area contributed by atoms with E-state index in [0.717, 1.165) is 6.07 Å². The molecule has 0 bridgehead atoms. The summed E-state index contributed by atoms with van der Waals surface area (Å²) in [6, 6.07) is 3.68. The molecule has 0 atom stereocenters. The fraction of sp³-hybridized carbons (Fsp3) is 0.250. The Hall–Kier alpha value is -1.52. The van der Waals surface area contributed by atoms with E-state index in [9.17, 15) is 8.78 Å². The lowest BCUT2D eigenvalue weighted by Crippen LogP contribution is -2.01. The van der Waals surface area contributed by atoms with Crippen LogP contribution in [0.4, 0.5) is 8.78 Å². The molecule has 0 amide bonds. The highest BCUT2D eigenvalue weighted by molar-refractivity contribution is 5.44. The Bertz CT molecular complexity index is 289. The van der Waals surface area contributed by atoms with Gasteiger partial charge in [-0.05, 0) is 12.1 Å². The van der Waals surface area contributed by atoms with Gasteiger partial charge in [-0.25, -0.2) is 0 Å². The number of halogens is 2. The molecule has 0 spiro atoms. The van der Waals surface area contributed by atoms with Crippen molar-refractivity contribution in [1.82, 2.24) is 0 Å². The molecule has 0 aliphatic rings. The summed E-state index contributed by atoms with van der Waals surface area (Å²) in [7, 11) is 1.36. The summed E-state index contributed by atoms with van der Waals surface area (Å²) in [5, 5.41) is 9.15. The van der Waals surface area contributed by atoms with Gasteiger partial charge >= 0.3 is 6.61 Å². The molecule has 0 radical (unpaired) electrons. The number of phenols is 1. The Balaban J connectivity index is 2.83. The van der Waals surface area contributed by atoms with Crippen molar-refractivity contribution in [2.75, 3.05) is 7.11 Å². The van der Waals surface area contributed by atoms with Crippen molar-refractivity contribution < 1.29 is 23.4 Å². The summed E-state index contributed by atoms with van der Waals surface area (Å²) in [5.41, 5.74) is 0. The van der Waals surface area contributed by atoms with E-state index in [-0.39, 0.29) is 17.2 Å². The van der Waals surface area contributed by atoms with Crippen molar-refractivity contribution in [3.05, 3.63) is 18.2 Å². The van der Waals surface area contributed by atoms with Gasteiger partial charge in [-0.3, -0.25) is 0 Å². The summed E-state index contributed by atoms with van der Waals surface area (Å²) in [6.45, 7) is -2.90. The molecule has 13 heavy (non-hydrogen) atoms. The van der Waals surface area contributed by atoms with Crippen molar-refractivity contribution in [2.45, 2.75) is 6.61 Å². The van der Waals surface area contributed by atoms with Gasteiger partial charge in [-0.1, -0.05) is 0 Å². The number of rotatable bonds is 3. The minimum atomic E-state index is -2.90. The van der Waals surface area contributed by atoms with Gasteiger partial charge in [-0.2, -0.15) is 8.78 Å². The first-order chi connectivity index (χ1) is 6.13. The fourth-order valence-electron chi connectivity index (χ4n) is 0.846. The van der Waals surface area contributed by atoms with Gasteiger partial charge in [-0.15, -0.1) is 0 Å². The van der Waals surface area contributed by atoms with Crippen LogP contribution in [0.5, 0.6) is 17.2 Å². The van der Waals surface area contributed by atoms with E-state index in [2.05, 4.69) is 4.74 Å². The van der Waals surface area contributed by atoms with Crippen LogP contribution in [0.15, 0.2) is 18.2 Å². The predicted molar refractivity (Wildman–Crippen MR) is 41.3 cm³/mol. The maximum atomic E-state index is 11.7. The van der Waals surface area contributed by atoms with Gasteiger partial charge in [0, 0.05) is 6.07 Å².